The molecule has 0 aliphatic carbocycles. The molecule has 1 aromatic heterocycles. The summed E-state index contributed by atoms with van der Waals surface area (Å²) in [6.07, 6.45) is 2.97. The number of carbonyl (C=O) groups excluding carboxylic acids is 1. The number of hydrogen-bond donors (Lipinski definition) is 2. The molecule has 108 valence electrons. The largest absolute Gasteiger partial charge is 0.462 e. The number of rotatable bonds is 3. The summed E-state index contributed by atoms with van der Waals surface area (Å²) in [4.78, 5) is 11.7. The van der Waals surface area contributed by atoms with Crippen molar-refractivity contribution >= 4 is 57.6 Å². The maximum Gasteiger partial charge on any atom is 0.250 e. The standard InChI is InChI=1S/C15H13IN2O2S/c1-10-2-7-13(20-10)8-9-14(19)18-15(21)17-12-5-3-11(16)4-6-12/h2-9H,1H3,(H2,17,18,19,21). The van der Waals surface area contributed by atoms with Gasteiger partial charge in [0.15, 0.2) is 5.11 Å². The average molecular weight is 412 g/mol. The minimum Gasteiger partial charge on any atom is -0.462 e. The molecule has 21 heavy (non-hydrogen) atoms. The molecule has 0 aliphatic rings. The zero-order chi connectivity index (χ0) is 15.2. The molecule has 0 saturated carbocycles. The Labute approximate surface area is 141 Å². The second kappa shape index (κ2) is 7.37. The fraction of sp³-hybridized carbons (Fsp3) is 0.0667. The third-order valence-corrected chi connectivity index (χ3v) is 3.42. The molecule has 0 radical (unpaired) electrons. The Kier molecular flexibility index (Phi) is 5.51. The predicted octanol–water partition coefficient (Wildman–Crippen LogP) is 3.72. The topological polar surface area (TPSA) is 54.3 Å². The summed E-state index contributed by atoms with van der Waals surface area (Å²) in [5.41, 5.74) is 0.825. The summed E-state index contributed by atoms with van der Waals surface area (Å²) in [6.45, 7) is 1.84. The molecule has 6 heteroatoms. The van der Waals surface area contributed by atoms with Gasteiger partial charge in [-0.3, -0.25) is 10.1 Å². The highest BCUT2D eigenvalue weighted by molar-refractivity contribution is 14.1. The Balaban J connectivity index is 1.86. The van der Waals surface area contributed by atoms with Crippen molar-refractivity contribution in [2.75, 3.05) is 5.32 Å². The number of aryl methyl sites for hydroxylation is 1. The van der Waals surface area contributed by atoms with E-state index in [0.29, 0.717) is 5.76 Å². The van der Waals surface area contributed by atoms with Crippen molar-refractivity contribution in [3.05, 3.63) is 57.6 Å². The van der Waals surface area contributed by atoms with Crippen molar-refractivity contribution in [1.29, 1.82) is 0 Å². The average Bonchev–Trinajstić information content (AvgIpc) is 2.85. The van der Waals surface area contributed by atoms with Gasteiger partial charge in [-0.2, -0.15) is 0 Å². The zero-order valence-corrected chi connectivity index (χ0v) is 14.2. The van der Waals surface area contributed by atoms with Gasteiger partial charge >= 0.3 is 0 Å². The first kappa shape index (κ1) is 15.7. The highest BCUT2D eigenvalue weighted by Crippen LogP contribution is 2.11. The maximum atomic E-state index is 11.7. The number of furan rings is 1. The van der Waals surface area contributed by atoms with Gasteiger partial charge in [0, 0.05) is 15.3 Å². The fourth-order valence-electron chi connectivity index (χ4n) is 1.55. The summed E-state index contributed by atoms with van der Waals surface area (Å²) >= 11 is 7.30. The van der Waals surface area contributed by atoms with E-state index in [1.807, 2.05) is 37.3 Å². The van der Waals surface area contributed by atoms with Crippen LogP contribution in [0.5, 0.6) is 0 Å². The van der Waals surface area contributed by atoms with Crippen LogP contribution in [0.2, 0.25) is 0 Å². The van der Waals surface area contributed by atoms with Gasteiger partial charge in [0.05, 0.1) is 0 Å². The van der Waals surface area contributed by atoms with Crippen LogP contribution in [0.3, 0.4) is 0 Å². The second-order valence-electron chi connectivity index (χ2n) is 4.23. The van der Waals surface area contributed by atoms with E-state index in [0.717, 1.165) is 15.0 Å². The van der Waals surface area contributed by atoms with Gasteiger partial charge in [-0.25, -0.2) is 0 Å². The Bertz CT molecular complexity index is 677. The Morgan fingerprint density at radius 3 is 2.57 bits per heavy atom. The van der Waals surface area contributed by atoms with E-state index in [2.05, 4.69) is 33.2 Å². The van der Waals surface area contributed by atoms with Crippen LogP contribution in [0.4, 0.5) is 5.69 Å². The van der Waals surface area contributed by atoms with E-state index in [1.165, 1.54) is 6.08 Å². The van der Waals surface area contributed by atoms with Gasteiger partial charge in [0.2, 0.25) is 5.91 Å². The molecular weight excluding hydrogens is 399 g/mol. The molecule has 0 unspecified atom stereocenters. The molecule has 4 nitrogen and oxygen atoms in total. The van der Waals surface area contributed by atoms with Gasteiger partial charge in [0.25, 0.3) is 0 Å². The molecule has 0 atom stereocenters. The van der Waals surface area contributed by atoms with Crippen LogP contribution in [0.15, 0.2) is 46.9 Å². The quantitative estimate of drug-likeness (QED) is 0.459. The van der Waals surface area contributed by atoms with Crippen LogP contribution in [-0.2, 0) is 4.79 Å². The molecular formula is C15H13IN2O2S. The van der Waals surface area contributed by atoms with E-state index < -0.39 is 0 Å². The molecule has 0 spiro atoms. The minimum absolute atomic E-state index is 0.251. The molecule has 2 aromatic rings. The summed E-state index contributed by atoms with van der Waals surface area (Å²) in [6, 6.07) is 11.3. The highest BCUT2D eigenvalue weighted by atomic mass is 127. The highest BCUT2D eigenvalue weighted by Gasteiger charge is 2.02. The van der Waals surface area contributed by atoms with Gasteiger partial charge in [0.1, 0.15) is 11.5 Å². The van der Waals surface area contributed by atoms with Crippen molar-refractivity contribution in [3.8, 4) is 0 Å². The van der Waals surface area contributed by atoms with Crippen LogP contribution >= 0.6 is 34.8 Å². The molecule has 1 aromatic carbocycles. The van der Waals surface area contributed by atoms with E-state index in [-0.39, 0.29) is 11.0 Å². The SMILES string of the molecule is Cc1ccc(C=CC(=O)NC(=S)Nc2ccc(I)cc2)o1. The molecule has 1 amide bonds. The summed E-state index contributed by atoms with van der Waals surface area (Å²) in [5.74, 6) is 1.11. The number of halogens is 1. The lowest BCUT2D eigenvalue weighted by atomic mass is 10.3. The van der Waals surface area contributed by atoms with Crippen LogP contribution in [0.25, 0.3) is 6.08 Å². The summed E-state index contributed by atoms with van der Waals surface area (Å²) in [5, 5.41) is 5.76. The lowest BCUT2D eigenvalue weighted by Crippen LogP contribution is -2.32. The number of carbonyl (C=O) groups is 1. The van der Waals surface area contributed by atoms with Gasteiger partial charge in [-0.1, -0.05) is 0 Å². The van der Waals surface area contributed by atoms with Crippen LogP contribution in [0.1, 0.15) is 11.5 Å². The Morgan fingerprint density at radius 1 is 1.24 bits per heavy atom. The monoisotopic (exact) mass is 412 g/mol. The zero-order valence-electron chi connectivity index (χ0n) is 11.2. The van der Waals surface area contributed by atoms with Crippen molar-refractivity contribution in [3.63, 3.8) is 0 Å². The first-order chi connectivity index (χ1) is 10.0. The number of hydrogen-bond acceptors (Lipinski definition) is 3. The number of anilines is 1. The lowest BCUT2D eigenvalue weighted by Gasteiger charge is -2.07. The predicted molar refractivity (Wildman–Crippen MR) is 96.0 cm³/mol. The van der Waals surface area contributed by atoms with Gasteiger partial charge in [-0.05, 0) is 84.2 Å². The lowest BCUT2D eigenvalue weighted by molar-refractivity contribution is -0.115. The number of nitrogens with one attached hydrogen (secondary N) is 2. The first-order valence-corrected chi connectivity index (χ1v) is 7.64. The third-order valence-electron chi connectivity index (χ3n) is 2.50. The smallest absolute Gasteiger partial charge is 0.250 e. The number of amides is 1. The minimum atomic E-state index is -0.313. The molecule has 0 bridgehead atoms. The summed E-state index contributed by atoms with van der Waals surface area (Å²) < 4.78 is 6.46. The molecule has 0 aliphatic heterocycles. The molecule has 0 saturated heterocycles. The fourth-order valence-corrected chi connectivity index (χ4v) is 2.13. The van der Waals surface area contributed by atoms with Crippen molar-refractivity contribution < 1.29 is 9.21 Å². The van der Waals surface area contributed by atoms with Crippen LogP contribution in [0, 0.1) is 10.5 Å². The van der Waals surface area contributed by atoms with Gasteiger partial charge in [-0.15, -0.1) is 0 Å². The van der Waals surface area contributed by atoms with Crippen molar-refractivity contribution in [2.45, 2.75) is 6.92 Å². The molecule has 2 N–H and O–H groups in total. The van der Waals surface area contributed by atoms with E-state index in [4.69, 9.17) is 16.6 Å². The Hall–Kier alpha value is -1.67. The van der Waals surface area contributed by atoms with E-state index >= 15 is 0 Å². The first-order valence-electron chi connectivity index (χ1n) is 6.15. The van der Waals surface area contributed by atoms with Crippen LogP contribution in [-0.4, -0.2) is 11.0 Å². The van der Waals surface area contributed by atoms with E-state index in [1.54, 1.807) is 12.1 Å². The molecule has 0 fully saturated rings. The van der Waals surface area contributed by atoms with Crippen molar-refractivity contribution in [2.24, 2.45) is 0 Å². The normalized spacial score (nSPS) is 10.6. The Morgan fingerprint density at radius 2 is 1.95 bits per heavy atom. The van der Waals surface area contributed by atoms with Gasteiger partial charge < -0.3 is 9.73 Å². The summed E-state index contributed by atoms with van der Waals surface area (Å²) in [7, 11) is 0. The maximum absolute atomic E-state index is 11.7. The van der Waals surface area contributed by atoms with E-state index in [9.17, 15) is 4.79 Å². The second-order valence-corrected chi connectivity index (χ2v) is 5.89. The molecule has 2 rings (SSSR count). The van der Waals surface area contributed by atoms with Crippen LogP contribution < -0.4 is 10.6 Å². The van der Waals surface area contributed by atoms with Crippen molar-refractivity contribution in [1.82, 2.24) is 5.32 Å². The molecule has 1 heterocycles. The number of thiocarbonyl (C=S) groups is 1. The third kappa shape index (κ3) is 5.31. The number of benzene rings is 1.